The van der Waals surface area contributed by atoms with Crippen LogP contribution < -0.4 is 11.5 Å². The van der Waals surface area contributed by atoms with Crippen molar-refractivity contribution in [2.45, 2.75) is 6.92 Å². The highest BCUT2D eigenvalue weighted by Crippen LogP contribution is 2.40. The van der Waals surface area contributed by atoms with Crippen molar-refractivity contribution >= 4 is 88.5 Å². The summed E-state index contributed by atoms with van der Waals surface area (Å²) in [6.45, 7) is 2.03. The molecule has 5 N–H and O–H groups in total. The molecule has 8 aromatic carbocycles. The van der Waals surface area contributed by atoms with Crippen molar-refractivity contribution in [2.75, 3.05) is 5.73 Å². The van der Waals surface area contributed by atoms with Gasteiger partial charge in [-0.1, -0.05) is 140 Å². The van der Waals surface area contributed by atoms with Gasteiger partial charge in [0.2, 0.25) is 0 Å². The van der Waals surface area contributed by atoms with Gasteiger partial charge in [0.1, 0.15) is 5.84 Å². The Bertz CT molecular complexity index is 3570. The minimum absolute atomic E-state index is 0.173. The van der Waals surface area contributed by atoms with Crippen molar-refractivity contribution < 1.29 is 0 Å². The highest BCUT2D eigenvalue weighted by molar-refractivity contribution is 7.20. The van der Waals surface area contributed by atoms with E-state index in [0.29, 0.717) is 5.84 Å². The van der Waals surface area contributed by atoms with E-state index in [-0.39, 0.29) is 5.84 Å². The smallest absolute Gasteiger partial charge is 0.154 e. The maximum absolute atomic E-state index is 7.84. The lowest BCUT2D eigenvalue weighted by Crippen LogP contribution is -2.15. The average molecular weight is 833 g/mol. The number of para-hydroxylation sites is 2. The molecule has 63 heavy (non-hydrogen) atoms. The summed E-state index contributed by atoms with van der Waals surface area (Å²) in [4.78, 5) is 5.21. The second-order valence-electron chi connectivity index (χ2n) is 15.6. The van der Waals surface area contributed by atoms with Crippen molar-refractivity contribution in [3.63, 3.8) is 0 Å². The Hall–Kier alpha value is -8.00. The quantitative estimate of drug-likeness (QED) is 0.115. The molecule has 0 atom stereocenters. The van der Waals surface area contributed by atoms with Gasteiger partial charge in [-0.2, -0.15) is 0 Å². The molecule has 6 nitrogen and oxygen atoms in total. The Balaban J connectivity index is 0.000000234. The number of fused-ring (bicyclic) bond motifs is 7. The van der Waals surface area contributed by atoms with Gasteiger partial charge in [0, 0.05) is 66.5 Å². The van der Waals surface area contributed by atoms with Crippen molar-refractivity contribution in [1.29, 1.82) is 5.41 Å². The Labute approximate surface area is 369 Å². The first-order valence-corrected chi connectivity index (χ1v) is 21.8. The number of benzene rings is 8. The molecule has 7 heteroatoms. The average Bonchev–Trinajstić information content (AvgIpc) is 3.94. The van der Waals surface area contributed by atoms with E-state index in [1.54, 1.807) is 11.3 Å². The first-order chi connectivity index (χ1) is 30.9. The van der Waals surface area contributed by atoms with E-state index in [1.165, 1.54) is 70.6 Å². The maximum Gasteiger partial charge on any atom is 0.154 e. The molecule has 0 aliphatic heterocycles. The number of hydrogen-bond donors (Lipinski definition) is 3. The van der Waals surface area contributed by atoms with Crippen LogP contribution in [0.3, 0.4) is 0 Å². The van der Waals surface area contributed by atoms with Crippen molar-refractivity contribution in [2.24, 2.45) is 17.8 Å². The van der Waals surface area contributed by atoms with Crippen LogP contribution >= 0.6 is 11.3 Å². The molecule has 11 aromatic rings. The number of amidine groups is 2. The van der Waals surface area contributed by atoms with Crippen LogP contribution in [0.4, 0.5) is 5.69 Å². The van der Waals surface area contributed by atoms with Gasteiger partial charge in [-0.25, -0.2) is 4.99 Å². The van der Waals surface area contributed by atoms with E-state index < -0.39 is 0 Å². The van der Waals surface area contributed by atoms with Gasteiger partial charge < -0.3 is 20.6 Å². The number of aliphatic imine (C=N–C) groups is 1. The Morgan fingerprint density at radius 2 is 1.13 bits per heavy atom. The summed E-state index contributed by atoms with van der Waals surface area (Å²) >= 11 is 1.74. The van der Waals surface area contributed by atoms with Crippen LogP contribution in [0.25, 0.3) is 87.7 Å². The fraction of sp³-hybridized carbons (Fsp3) is 0.0357. The summed E-state index contributed by atoms with van der Waals surface area (Å²) in [5, 5.41) is 14.0. The molecule has 0 aliphatic rings. The predicted molar refractivity (Wildman–Crippen MR) is 271 cm³/mol. The molecule has 0 spiro atoms. The normalized spacial score (nSPS) is 11.9. The molecule has 0 bridgehead atoms. The standard InChI is InChI=1S/C42H31N3S.C14H13N3/c1-3-9-41-42(43)35-25-30(18-21-40(35)46-41)45-38-15-7-5-12-31(38)33-19-16-29(24-39(33)45)27-11-8-10-26(22-27)28-17-20-37-34(23-28)32-13-4-6-14-36(32)44(37)2;15-13(11-7-3-1-4-8-11)17-14(16)12-9-5-2-6-10-12/h3-25H,43H2,1-2H3;1-10H,(H3,15,16,17)/b9-3-;. The molecule has 0 amide bonds. The number of nitrogens with two attached hydrogens (primary N) is 2. The highest BCUT2D eigenvalue weighted by atomic mass is 32.1. The SMILES string of the molecule is C/C=C\c1sc2ccc(-n3c4ccccc4c4ccc(-c5cccc(-c6ccc7c(c6)c6ccccc6n7C)c5)cc43)cc2c1N.N=C(N=C(N)c1ccccc1)c1ccccc1. The third-order valence-corrected chi connectivity index (χ3v) is 12.9. The number of rotatable bonds is 6. The first kappa shape index (κ1) is 39.2. The molecule has 0 unspecified atom stereocenters. The number of aryl methyl sites for hydroxylation is 1. The van der Waals surface area contributed by atoms with E-state index in [1.807, 2.05) is 73.7 Å². The summed E-state index contributed by atoms with van der Waals surface area (Å²) in [6.07, 6.45) is 4.15. The van der Waals surface area contributed by atoms with Gasteiger partial charge in [0.25, 0.3) is 0 Å². The molecule has 0 fully saturated rings. The van der Waals surface area contributed by atoms with Gasteiger partial charge in [0.15, 0.2) is 5.84 Å². The minimum atomic E-state index is 0.173. The van der Waals surface area contributed by atoms with Gasteiger partial charge in [-0.05, 0) is 89.9 Å². The van der Waals surface area contributed by atoms with Crippen LogP contribution in [0.5, 0.6) is 0 Å². The molecule has 3 aromatic heterocycles. The number of hydrogen-bond acceptors (Lipinski definition) is 3. The number of nitrogens with zero attached hydrogens (tertiary/aromatic N) is 3. The number of thiophene rings is 1. The molecular formula is C56H44N6S. The molecule has 0 aliphatic carbocycles. The van der Waals surface area contributed by atoms with Crippen LogP contribution in [0, 0.1) is 5.41 Å². The monoisotopic (exact) mass is 832 g/mol. The van der Waals surface area contributed by atoms with Gasteiger partial charge in [0.05, 0.1) is 21.6 Å². The minimum Gasteiger partial charge on any atom is -0.397 e. The fourth-order valence-corrected chi connectivity index (χ4v) is 9.72. The summed E-state index contributed by atoms with van der Waals surface area (Å²) in [5.41, 5.74) is 25.7. The van der Waals surface area contributed by atoms with E-state index in [2.05, 4.69) is 155 Å². The van der Waals surface area contributed by atoms with Crippen LogP contribution in [0.2, 0.25) is 0 Å². The zero-order valence-electron chi connectivity index (χ0n) is 35.0. The Kier molecular flexibility index (Phi) is 10.2. The number of aromatic nitrogens is 2. The predicted octanol–water partition coefficient (Wildman–Crippen LogP) is 14.0. The summed E-state index contributed by atoms with van der Waals surface area (Å²) in [5.74, 6) is 0.534. The number of nitrogens with one attached hydrogen (secondary N) is 1. The molecule has 3 heterocycles. The van der Waals surface area contributed by atoms with Crippen molar-refractivity contribution in [3.05, 3.63) is 210 Å². The van der Waals surface area contributed by atoms with E-state index >= 15 is 0 Å². The molecule has 0 saturated carbocycles. The number of allylic oxidation sites excluding steroid dienone is 1. The molecule has 0 saturated heterocycles. The number of anilines is 1. The van der Waals surface area contributed by atoms with Gasteiger partial charge in [-0.3, -0.25) is 5.41 Å². The Morgan fingerprint density at radius 3 is 1.86 bits per heavy atom. The molecule has 11 rings (SSSR count). The van der Waals surface area contributed by atoms with E-state index in [9.17, 15) is 0 Å². The molecular weight excluding hydrogens is 789 g/mol. The Morgan fingerprint density at radius 1 is 0.540 bits per heavy atom. The third-order valence-electron chi connectivity index (χ3n) is 11.8. The second-order valence-corrected chi connectivity index (χ2v) is 16.7. The van der Waals surface area contributed by atoms with Crippen LogP contribution in [0.15, 0.2) is 199 Å². The third kappa shape index (κ3) is 7.24. The molecule has 0 radical (unpaired) electrons. The van der Waals surface area contributed by atoms with Crippen molar-refractivity contribution in [3.8, 4) is 27.9 Å². The first-order valence-electron chi connectivity index (χ1n) is 21.0. The van der Waals surface area contributed by atoms with Crippen LogP contribution in [0.1, 0.15) is 22.9 Å². The van der Waals surface area contributed by atoms with Crippen molar-refractivity contribution in [1.82, 2.24) is 9.13 Å². The van der Waals surface area contributed by atoms with Crippen LogP contribution in [-0.2, 0) is 7.05 Å². The largest absolute Gasteiger partial charge is 0.397 e. The zero-order chi connectivity index (χ0) is 43.0. The maximum atomic E-state index is 7.84. The molecule has 304 valence electrons. The lowest BCUT2D eigenvalue weighted by Gasteiger charge is -2.11. The topological polar surface area (TPSA) is 98.1 Å². The fourth-order valence-electron chi connectivity index (χ4n) is 8.65. The summed E-state index contributed by atoms with van der Waals surface area (Å²) < 4.78 is 5.87. The van der Waals surface area contributed by atoms with Gasteiger partial charge in [-0.15, -0.1) is 11.3 Å². The second kappa shape index (κ2) is 16.5. The summed E-state index contributed by atoms with van der Waals surface area (Å²) in [6, 6.07) is 65.4. The lowest BCUT2D eigenvalue weighted by molar-refractivity contribution is 1.01. The summed E-state index contributed by atoms with van der Waals surface area (Å²) in [7, 11) is 2.15. The number of nitrogen functional groups attached to an aromatic ring is 1. The van der Waals surface area contributed by atoms with Crippen LogP contribution in [-0.4, -0.2) is 20.8 Å². The van der Waals surface area contributed by atoms with E-state index in [0.717, 1.165) is 32.8 Å². The zero-order valence-corrected chi connectivity index (χ0v) is 35.8. The highest BCUT2D eigenvalue weighted by Gasteiger charge is 2.16. The lowest BCUT2D eigenvalue weighted by atomic mass is 9.97. The van der Waals surface area contributed by atoms with Gasteiger partial charge >= 0.3 is 0 Å². The van der Waals surface area contributed by atoms with E-state index in [4.69, 9.17) is 16.9 Å².